The zero-order valence-electron chi connectivity index (χ0n) is 11.5. The summed E-state index contributed by atoms with van der Waals surface area (Å²) in [7, 11) is 0. The lowest BCUT2D eigenvalue weighted by Crippen LogP contribution is -2.15. The van der Waals surface area contributed by atoms with Crippen molar-refractivity contribution in [2.75, 3.05) is 5.88 Å². The Morgan fingerprint density at radius 1 is 1.37 bits per heavy atom. The zero-order valence-corrected chi connectivity index (χ0v) is 12.3. The van der Waals surface area contributed by atoms with Gasteiger partial charge < -0.3 is 4.57 Å². The lowest BCUT2D eigenvalue weighted by atomic mass is 9.83. The molecule has 1 aliphatic carbocycles. The van der Waals surface area contributed by atoms with E-state index in [1.165, 1.54) is 36.8 Å². The number of hydrogen-bond acceptors (Lipinski definition) is 1. The van der Waals surface area contributed by atoms with Gasteiger partial charge in [-0.05, 0) is 37.0 Å². The average molecular weight is 277 g/mol. The summed E-state index contributed by atoms with van der Waals surface area (Å²) < 4.78 is 2.39. The van der Waals surface area contributed by atoms with Gasteiger partial charge in [-0.3, -0.25) is 0 Å². The number of benzene rings is 1. The molecular weight excluding hydrogens is 256 g/mol. The molecule has 1 aromatic heterocycles. The molecule has 0 radical (unpaired) electrons. The SMILES string of the molecule is Cc1ccc2nc(CCCl)n(CCC3CCC3)c2c1. The lowest BCUT2D eigenvalue weighted by molar-refractivity contribution is 0.282. The van der Waals surface area contributed by atoms with E-state index in [4.69, 9.17) is 16.6 Å². The molecular formula is C16H21ClN2. The second kappa shape index (κ2) is 5.54. The summed E-state index contributed by atoms with van der Waals surface area (Å²) in [5, 5.41) is 0. The molecule has 3 rings (SSSR count). The minimum absolute atomic E-state index is 0.645. The summed E-state index contributed by atoms with van der Waals surface area (Å²) in [5.41, 5.74) is 3.69. The van der Waals surface area contributed by atoms with Crippen molar-refractivity contribution in [1.82, 2.24) is 9.55 Å². The number of nitrogens with zero attached hydrogens (tertiary/aromatic N) is 2. The average Bonchev–Trinajstić information content (AvgIpc) is 2.66. The van der Waals surface area contributed by atoms with Crippen LogP contribution in [0.15, 0.2) is 18.2 Å². The number of fused-ring (bicyclic) bond motifs is 1. The first-order valence-corrected chi connectivity index (χ1v) is 7.83. The number of aromatic nitrogens is 2. The van der Waals surface area contributed by atoms with Crippen LogP contribution in [0.1, 0.15) is 37.1 Å². The first kappa shape index (κ1) is 13.0. The highest BCUT2D eigenvalue weighted by molar-refractivity contribution is 6.17. The van der Waals surface area contributed by atoms with Crippen LogP contribution in [-0.2, 0) is 13.0 Å². The molecule has 1 aromatic carbocycles. The van der Waals surface area contributed by atoms with Crippen molar-refractivity contribution in [3.63, 3.8) is 0 Å². The summed E-state index contributed by atoms with van der Waals surface area (Å²) in [6.45, 7) is 3.24. The number of imidazole rings is 1. The van der Waals surface area contributed by atoms with Crippen LogP contribution in [-0.4, -0.2) is 15.4 Å². The number of aryl methyl sites for hydroxylation is 3. The van der Waals surface area contributed by atoms with Gasteiger partial charge in [0.15, 0.2) is 0 Å². The van der Waals surface area contributed by atoms with E-state index in [9.17, 15) is 0 Å². The van der Waals surface area contributed by atoms with Gasteiger partial charge in [-0.25, -0.2) is 4.98 Å². The van der Waals surface area contributed by atoms with E-state index >= 15 is 0 Å². The maximum atomic E-state index is 5.91. The Hall–Kier alpha value is -1.02. The Bertz CT molecular complexity index is 569. The third-order valence-electron chi connectivity index (χ3n) is 4.29. The highest BCUT2D eigenvalue weighted by Crippen LogP contribution is 2.30. The van der Waals surface area contributed by atoms with Crippen molar-refractivity contribution >= 4 is 22.6 Å². The summed E-state index contributed by atoms with van der Waals surface area (Å²) >= 11 is 5.91. The van der Waals surface area contributed by atoms with Crippen LogP contribution in [0.5, 0.6) is 0 Å². The van der Waals surface area contributed by atoms with Crippen molar-refractivity contribution in [3.8, 4) is 0 Å². The Morgan fingerprint density at radius 2 is 2.21 bits per heavy atom. The number of alkyl halides is 1. The molecule has 3 heteroatoms. The van der Waals surface area contributed by atoms with Crippen LogP contribution >= 0.6 is 11.6 Å². The van der Waals surface area contributed by atoms with Gasteiger partial charge >= 0.3 is 0 Å². The highest BCUT2D eigenvalue weighted by atomic mass is 35.5. The topological polar surface area (TPSA) is 17.8 Å². The molecule has 2 nitrogen and oxygen atoms in total. The Morgan fingerprint density at radius 3 is 2.89 bits per heavy atom. The van der Waals surface area contributed by atoms with Gasteiger partial charge in [-0.1, -0.05) is 25.3 Å². The van der Waals surface area contributed by atoms with E-state index in [0.29, 0.717) is 5.88 Å². The smallest absolute Gasteiger partial charge is 0.111 e. The molecule has 0 amide bonds. The third kappa shape index (κ3) is 2.64. The minimum Gasteiger partial charge on any atom is -0.328 e. The van der Waals surface area contributed by atoms with Crippen LogP contribution in [0.2, 0.25) is 0 Å². The van der Waals surface area contributed by atoms with Gasteiger partial charge in [-0.15, -0.1) is 11.6 Å². The zero-order chi connectivity index (χ0) is 13.2. The molecule has 0 spiro atoms. The number of hydrogen-bond donors (Lipinski definition) is 0. The van der Waals surface area contributed by atoms with Gasteiger partial charge in [0.25, 0.3) is 0 Å². The quantitative estimate of drug-likeness (QED) is 0.744. The van der Waals surface area contributed by atoms with E-state index in [-0.39, 0.29) is 0 Å². The molecule has 0 unspecified atom stereocenters. The fourth-order valence-corrected chi connectivity index (χ4v) is 3.07. The molecule has 0 bridgehead atoms. The molecule has 1 fully saturated rings. The molecule has 0 N–H and O–H groups in total. The fraction of sp³-hybridized carbons (Fsp3) is 0.562. The Labute approximate surface area is 119 Å². The van der Waals surface area contributed by atoms with Crippen molar-refractivity contribution in [2.24, 2.45) is 5.92 Å². The molecule has 1 aliphatic rings. The first-order chi connectivity index (χ1) is 9.28. The number of rotatable bonds is 5. The second-order valence-electron chi connectivity index (χ2n) is 5.70. The molecule has 0 aliphatic heterocycles. The first-order valence-electron chi connectivity index (χ1n) is 7.29. The van der Waals surface area contributed by atoms with Crippen LogP contribution in [0.25, 0.3) is 11.0 Å². The van der Waals surface area contributed by atoms with Crippen LogP contribution in [0.3, 0.4) is 0 Å². The van der Waals surface area contributed by atoms with E-state index in [0.717, 1.165) is 30.2 Å². The van der Waals surface area contributed by atoms with Gasteiger partial charge in [0.1, 0.15) is 5.82 Å². The normalized spacial score (nSPS) is 15.9. The predicted octanol–water partition coefficient (Wildman–Crippen LogP) is 4.32. The van der Waals surface area contributed by atoms with Crippen molar-refractivity contribution in [3.05, 3.63) is 29.6 Å². The van der Waals surface area contributed by atoms with Gasteiger partial charge in [0, 0.05) is 18.8 Å². The van der Waals surface area contributed by atoms with Crippen molar-refractivity contribution in [1.29, 1.82) is 0 Å². The van der Waals surface area contributed by atoms with Crippen molar-refractivity contribution < 1.29 is 0 Å². The van der Waals surface area contributed by atoms with Crippen LogP contribution in [0.4, 0.5) is 0 Å². The molecule has 0 saturated heterocycles. The Kier molecular flexibility index (Phi) is 3.79. The van der Waals surface area contributed by atoms with E-state index in [2.05, 4.69) is 29.7 Å². The molecule has 2 aromatic rings. The number of halogens is 1. The van der Waals surface area contributed by atoms with E-state index in [1.807, 2.05) is 0 Å². The van der Waals surface area contributed by atoms with Crippen LogP contribution in [0, 0.1) is 12.8 Å². The fourth-order valence-electron chi connectivity index (χ4n) is 2.90. The summed E-state index contributed by atoms with van der Waals surface area (Å²) in [6.07, 6.45) is 6.39. The van der Waals surface area contributed by atoms with E-state index < -0.39 is 0 Å². The lowest BCUT2D eigenvalue weighted by Gasteiger charge is -2.25. The summed E-state index contributed by atoms with van der Waals surface area (Å²) in [6, 6.07) is 6.51. The minimum atomic E-state index is 0.645. The van der Waals surface area contributed by atoms with E-state index in [1.54, 1.807) is 0 Å². The predicted molar refractivity (Wildman–Crippen MR) is 80.9 cm³/mol. The van der Waals surface area contributed by atoms with Crippen LogP contribution < -0.4 is 0 Å². The largest absolute Gasteiger partial charge is 0.328 e. The highest BCUT2D eigenvalue weighted by Gasteiger charge is 2.18. The van der Waals surface area contributed by atoms with Crippen molar-refractivity contribution in [2.45, 2.75) is 45.6 Å². The second-order valence-corrected chi connectivity index (χ2v) is 6.07. The maximum absolute atomic E-state index is 5.91. The molecule has 1 heterocycles. The maximum Gasteiger partial charge on any atom is 0.111 e. The molecule has 0 atom stereocenters. The molecule has 19 heavy (non-hydrogen) atoms. The summed E-state index contributed by atoms with van der Waals surface area (Å²) in [4.78, 5) is 4.74. The van der Waals surface area contributed by atoms with Gasteiger partial charge in [-0.2, -0.15) is 0 Å². The molecule has 1 saturated carbocycles. The van der Waals surface area contributed by atoms with Gasteiger partial charge in [0.2, 0.25) is 0 Å². The molecule has 102 valence electrons. The summed E-state index contributed by atoms with van der Waals surface area (Å²) in [5.74, 6) is 2.73. The standard InChI is InChI=1S/C16H21ClN2/c1-12-5-6-14-15(11-12)19(16(18-14)7-9-17)10-8-13-3-2-4-13/h5-6,11,13H,2-4,7-10H2,1H3. The van der Waals surface area contributed by atoms with Gasteiger partial charge in [0.05, 0.1) is 11.0 Å². The third-order valence-corrected chi connectivity index (χ3v) is 4.48. The monoisotopic (exact) mass is 276 g/mol. The Balaban J connectivity index is 1.91.